The van der Waals surface area contributed by atoms with Gasteiger partial charge in [-0.1, -0.05) is 12.1 Å². The van der Waals surface area contributed by atoms with Crippen LogP contribution in [0.5, 0.6) is 0 Å². The number of likely N-dealkylation sites (tertiary alicyclic amines) is 1. The number of likely N-dealkylation sites (N-methyl/N-ethyl adjacent to an activating group) is 1. The molecule has 5 heteroatoms. The number of hydrogen-bond donors (Lipinski definition) is 1. The Balaban J connectivity index is 1.79. The van der Waals surface area contributed by atoms with Crippen molar-refractivity contribution in [3.05, 3.63) is 52.7 Å². The fourth-order valence-electron chi connectivity index (χ4n) is 3.45. The molecule has 3 rings (SSSR count). The Bertz CT molecular complexity index is 792. The molecule has 5 nitrogen and oxygen atoms in total. The molecule has 1 saturated heterocycles. The fourth-order valence-corrected chi connectivity index (χ4v) is 3.45. The molecular weight excluding hydrogens is 326 g/mol. The third-order valence-corrected chi connectivity index (χ3v) is 5.41. The molecule has 2 aromatic rings. The third kappa shape index (κ3) is 3.50. The molecule has 1 aromatic carbocycles. The van der Waals surface area contributed by atoms with E-state index in [0.717, 1.165) is 17.0 Å². The van der Waals surface area contributed by atoms with Crippen LogP contribution >= 0.6 is 0 Å². The second-order valence-corrected chi connectivity index (χ2v) is 7.42. The van der Waals surface area contributed by atoms with E-state index in [0.29, 0.717) is 18.7 Å². The number of aliphatic hydroxyl groups is 1. The standard InChI is InChI=1S/C21H27N3O2/c1-13-10-18(22-15(3)14(13)2)16-6-8-17(9-7-16)21(26)24-11-19(23(4)5)20(25)12-24/h6-10,19-20,25H,11-12H2,1-5H3/t19-,20-/m0/s1. The van der Waals surface area contributed by atoms with Crippen molar-refractivity contribution in [2.75, 3.05) is 27.2 Å². The second-order valence-electron chi connectivity index (χ2n) is 7.42. The minimum atomic E-state index is -0.504. The van der Waals surface area contributed by atoms with Crippen LogP contribution in [0.2, 0.25) is 0 Å². The molecule has 1 amide bonds. The van der Waals surface area contributed by atoms with Gasteiger partial charge in [0.15, 0.2) is 0 Å². The highest BCUT2D eigenvalue weighted by Gasteiger charge is 2.35. The summed E-state index contributed by atoms with van der Waals surface area (Å²) in [5, 5.41) is 10.1. The van der Waals surface area contributed by atoms with Crippen LogP contribution in [0.25, 0.3) is 11.3 Å². The van der Waals surface area contributed by atoms with Crippen molar-refractivity contribution in [3.8, 4) is 11.3 Å². The van der Waals surface area contributed by atoms with E-state index in [1.165, 1.54) is 11.1 Å². The van der Waals surface area contributed by atoms with Crippen molar-refractivity contribution in [2.45, 2.75) is 32.9 Å². The summed E-state index contributed by atoms with van der Waals surface area (Å²) in [6.45, 7) is 7.11. The summed E-state index contributed by atoms with van der Waals surface area (Å²) in [6, 6.07) is 9.65. The predicted molar refractivity (Wildman–Crippen MR) is 103 cm³/mol. The quantitative estimate of drug-likeness (QED) is 0.921. The van der Waals surface area contributed by atoms with Gasteiger partial charge in [-0.15, -0.1) is 0 Å². The minimum absolute atomic E-state index is 0.0130. The number of amides is 1. The molecule has 0 radical (unpaired) electrons. The number of β-amino-alcohol motifs (C(OH)–C–C–N with tert-alkyl or cyclic N) is 1. The van der Waals surface area contributed by atoms with Crippen molar-refractivity contribution in [1.82, 2.24) is 14.8 Å². The normalized spacial score (nSPS) is 20.0. The summed E-state index contributed by atoms with van der Waals surface area (Å²) < 4.78 is 0. The Morgan fingerprint density at radius 1 is 1.15 bits per heavy atom. The van der Waals surface area contributed by atoms with Crippen molar-refractivity contribution in [2.24, 2.45) is 0 Å². The minimum Gasteiger partial charge on any atom is -0.390 e. The molecule has 0 spiro atoms. The average molecular weight is 353 g/mol. The topological polar surface area (TPSA) is 56.7 Å². The van der Waals surface area contributed by atoms with Gasteiger partial charge < -0.3 is 14.9 Å². The van der Waals surface area contributed by atoms with Gasteiger partial charge in [0.2, 0.25) is 0 Å². The van der Waals surface area contributed by atoms with E-state index >= 15 is 0 Å². The van der Waals surface area contributed by atoms with Gasteiger partial charge in [-0.05, 0) is 64.2 Å². The van der Waals surface area contributed by atoms with Gasteiger partial charge in [-0.2, -0.15) is 0 Å². The number of aromatic nitrogens is 1. The third-order valence-electron chi connectivity index (χ3n) is 5.41. The van der Waals surface area contributed by atoms with E-state index in [4.69, 9.17) is 0 Å². The summed E-state index contributed by atoms with van der Waals surface area (Å²) in [4.78, 5) is 21.1. The van der Waals surface area contributed by atoms with Crippen LogP contribution in [0.1, 0.15) is 27.2 Å². The molecule has 0 saturated carbocycles. The summed E-state index contributed by atoms with van der Waals surface area (Å²) >= 11 is 0. The number of carbonyl (C=O) groups excluding carboxylic acids is 1. The molecule has 1 aromatic heterocycles. The molecule has 1 N–H and O–H groups in total. The Morgan fingerprint density at radius 2 is 1.81 bits per heavy atom. The number of nitrogens with zero attached hydrogens (tertiary/aromatic N) is 3. The number of aryl methyl sites for hydroxylation is 2. The van der Waals surface area contributed by atoms with Gasteiger partial charge in [0.1, 0.15) is 0 Å². The lowest BCUT2D eigenvalue weighted by Crippen LogP contribution is -2.38. The van der Waals surface area contributed by atoms with Gasteiger partial charge in [-0.25, -0.2) is 0 Å². The van der Waals surface area contributed by atoms with Crippen molar-refractivity contribution in [3.63, 3.8) is 0 Å². The first-order valence-electron chi connectivity index (χ1n) is 8.97. The molecule has 1 aliphatic rings. The average Bonchev–Trinajstić information content (AvgIpc) is 3.01. The lowest BCUT2D eigenvalue weighted by atomic mass is 10.0. The highest BCUT2D eigenvalue weighted by molar-refractivity contribution is 5.95. The van der Waals surface area contributed by atoms with Crippen molar-refractivity contribution in [1.29, 1.82) is 0 Å². The van der Waals surface area contributed by atoms with E-state index in [1.54, 1.807) is 4.90 Å². The van der Waals surface area contributed by atoms with Crippen molar-refractivity contribution < 1.29 is 9.90 Å². The van der Waals surface area contributed by atoms with Crippen LogP contribution in [-0.4, -0.2) is 65.1 Å². The maximum Gasteiger partial charge on any atom is 0.253 e. The van der Waals surface area contributed by atoms with E-state index < -0.39 is 6.10 Å². The predicted octanol–water partition coefficient (Wildman–Crippen LogP) is 2.42. The van der Waals surface area contributed by atoms with E-state index in [-0.39, 0.29) is 11.9 Å². The highest BCUT2D eigenvalue weighted by atomic mass is 16.3. The van der Waals surface area contributed by atoms with Gasteiger partial charge in [0.25, 0.3) is 5.91 Å². The highest BCUT2D eigenvalue weighted by Crippen LogP contribution is 2.23. The van der Waals surface area contributed by atoms with E-state index in [1.807, 2.05) is 50.2 Å². The lowest BCUT2D eigenvalue weighted by molar-refractivity contribution is 0.0764. The second kappa shape index (κ2) is 7.17. The monoisotopic (exact) mass is 353 g/mol. The molecular formula is C21H27N3O2. The van der Waals surface area contributed by atoms with Crippen LogP contribution in [0, 0.1) is 20.8 Å². The maximum atomic E-state index is 12.7. The number of rotatable bonds is 3. The van der Waals surface area contributed by atoms with Crippen LogP contribution in [0.3, 0.4) is 0 Å². The van der Waals surface area contributed by atoms with Crippen LogP contribution in [0.15, 0.2) is 30.3 Å². The zero-order valence-corrected chi connectivity index (χ0v) is 16.2. The van der Waals surface area contributed by atoms with E-state index in [2.05, 4.69) is 24.9 Å². The number of hydrogen-bond acceptors (Lipinski definition) is 4. The molecule has 1 fully saturated rings. The number of aliphatic hydroxyl groups excluding tert-OH is 1. The fraction of sp³-hybridized carbons (Fsp3) is 0.429. The zero-order valence-electron chi connectivity index (χ0n) is 16.2. The molecule has 0 unspecified atom stereocenters. The summed E-state index contributed by atoms with van der Waals surface area (Å²) in [6.07, 6.45) is -0.504. The summed E-state index contributed by atoms with van der Waals surface area (Å²) in [7, 11) is 3.85. The van der Waals surface area contributed by atoms with Gasteiger partial charge in [0.05, 0.1) is 17.8 Å². The molecule has 0 aliphatic carbocycles. The Labute approximate surface area is 155 Å². The van der Waals surface area contributed by atoms with Crippen molar-refractivity contribution >= 4 is 5.91 Å². The van der Waals surface area contributed by atoms with Gasteiger partial charge in [-0.3, -0.25) is 9.78 Å². The Kier molecular flexibility index (Phi) is 5.12. The molecule has 1 aliphatic heterocycles. The number of pyridine rings is 1. The largest absolute Gasteiger partial charge is 0.390 e. The molecule has 2 atom stereocenters. The Hall–Kier alpha value is -2.24. The van der Waals surface area contributed by atoms with Crippen LogP contribution in [-0.2, 0) is 0 Å². The smallest absolute Gasteiger partial charge is 0.253 e. The number of carbonyl (C=O) groups is 1. The molecule has 0 bridgehead atoms. The molecule has 26 heavy (non-hydrogen) atoms. The summed E-state index contributed by atoms with van der Waals surface area (Å²) in [5.41, 5.74) is 6.02. The molecule has 138 valence electrons. The van der Waals surface area contributed by atoms with Gasteiger partial charge >= 0.3 is 0 Å². The first-order chi connectivity index (χ1) is 12.3. The van der Waals surface area contributed by atoms with Gasteiger partial charge in [0, 0.05) is 29.9 Å². The zero-order chi connectivity index (χ0) is 19.0. The van der Waals surface area contributed by atoms with Crippen LogP contribution in [0.4, 0.5) is 0 Å². The number of benzene rings is 1. The molecule has 2 heterocycles. The Morgan fingerprint density at radius 3 is 2.35 bits per heavy atom. The lowest BCUT2D eigenvalue weighted by Gasteiger charge is -2.21. The van der Waals surface area contributed by atoms with Crippen LogP contribution < -0.4 is 0 Å². The maximum absolute atomic E-state index is 12.7. The summed E-state index contributed by atoms with van der Waals surface area (Å²) in [5.74, 6) is -0.0378. The SMILES string of the molecule is Cc1cc(-c2ccc(C(=O)N3C[C@H](O)[C@@H](N(C)C)C3)cc2)nc(C)c1C. The van der Waals surface area contributed by atoms with E-state index in [9.17, 15) is 9.90 Å². The first-order valence-corrected chi connectivity index (χ1v) is 8.97. The first kappa shape index (κ1) is 18.5.